The van der Waals surface area contributed by atoms with Crippen LogP contribution in [0.5, 0.6) is 0 Å². The third-order valence-corrected chi connectivity index (χ3v) is 3.05. The van der Waals surface area contributed by atoms with Gasteiger partial charge < -0.3 is 5.32 Å². The van der Waals surface area contributed by atoms with Crippen LogP contribution in [0.3, 0.4) is 0 Å². The second-order valence-corrected chi connectivity index (χ2v) is 4.34. The van der Waals surface area contributed by atoms with Gasteiger partial charge in [0.15, 0.2) is 0 Å². The van der Waals surface area contributed by atoms with Crippen LogP contribution in [0.25, 0.3) is 6.08 Å². The summed E-state index contributed by atoms with van der Waals surface area (Å²) >= 11 is 1.89. The molecule has 1 N–H and O–H groups in total. The Morgan fingerprint density at radius 1 is 1.31 bits per heavy atom. The molecule has 0 unspecified atom stereocenters. The molecule has 0 radical (unpaired) electrons. The van der Waals surface area contributed by atoms with E-state index in [9.17, 15) is 0 Å². The summed E-state index contributed by atoms with van der Waals surface area (Å²) in [5.41, 5.74) is 2.62. The van der Waals surface area contributed by atoms with Crippen LogP contribution in [0.1, 0.15) is 11.1 Å². The highest BCUT2D eigenvalue weighted by atomic mass is 32.2. The zero-order valence-electron chi connectivity index (χ0n) is 7.71. The van der Waals surface area contributed by atoms with Crippen LogP contribution in [0, 0.1) is 6.92 Å². The zero-order chi connectivity index (χ0) is 9.10. The average molecular weight is 191 g/mol. The molecule has 1 aliphatic heterocycles. The molecular formula is C11H13NS. The fourth-order valence-corrected chi connectivity index (χ4v) is 2.12. The number of thioether (sulfide) groups is 1. The van der Waals surface area contributed by atoms with Crippen LogP contribution < -0.4 is 5.32 Å². The van der Waals surface area contributed by atoms with Crippen molar-refractivity contribution in [2.75, 3.05) is 12.4 Å². The molecule has 1 heterocycles. The lowest BCUT2D eigenvalue weighted by atomic mass is 10.1. The first kappa shape index (κ1) is 8.85. The van der Waals surface area contributed by atoms with Crippen molar-refractivity contribution in [1.82, 2.24) is 5.32 Å². The van der Waals surface area contributed by atoms with Crippen molar-refractivity contribution in [3.05, 3.63) is 40.3 Å². The third-order valence-electron chi connectivity index (χ3n) is 2.06. The van der Waals surface area contributed by atoms with Crippen molar-refractivity contribution in [2.45, 2.75) is 6.92 Å². The molecule has 1 aliphatic rings. The number of nitrogens with one attached hydrogen (secondary N) is 1. The van der Waals surface area contributed by atoms with E-state index in [1.54, 1.807) is 0 Å². The molecule has 0 atom stereocenters. The number of hydrogen-bond acceptors (Lipinski definition) is 2. The highest BCUT2D eigenvalue weighted by Crippen LogP contribution is 2.21. The Labute approximate surface area is 83.2 Å². The lowest BCUT2D eigenvalue weighted by Crippen LogP contribution is -2.04. The summed E-state index contributed by atoms with van der Waals surface area (Å²) in [5.74, 6) is 1.05. The van der Waals surface area contributed by atoms with E-state index < -0.39 is 0 Å². The average Bonchev–Trinajstić information content (AvgIpc) is 2.62. The van der Waals surface area contributed by atoms with Crippen LogP contribution in [0.4, 0.5) is 0 Å². The van der Waals surface area contributed by atoms with E-state index in [1.807, 2.05) is 11.8 Å². The Hall–Kier alpha value is -0.730. The van der Waals surface area contributed by atoms with Gasteiger partial charge in [-0.2, -0.15) is 0 Å². The maximum absolute atomic E-state index is 3.30. The fourth-order valence-electron chi connectivity index (χ4n) is 1.31. The molecule has 0 amide bonds. The fraction of sp³-hybridized carbons (Fsp3) is 0.273. The first-order chi connectivity index (χ1) is 6.34. The standard InChI is InChI=1S/C11H13NS/c1-9-2-4-10(5-3-9)6-11-7-12-8-13-11/h2-6,12H,7-8H2,1H3. The molecule has 0 bridgehead atoms. The summed E-state index contributed by atoms with van der Waals surface area (Å²) in [7, 11) is 0. The molecule has 1 fully saturated rings. The second kappa shape index (κ2) is 3.99. The van der Waals surface area contributed by atoms with E-state index in [0.29, 0.717) is 0 Å². The Morgan fingerprint density at radius 3 is 2.69 bits per heavy atom. The SMILES string of the molecule is Cc1ccc(C=C2CNCS2)cc1. The van der Waals surface area contributed by atoms with Gasteiger partial charge >= 0.3 is 0 Å². The van der Waals surface area contributed by atoms with Gasteiger partial charge in [0.25, 0.3) is 0 Å². The van der Waals surface area contributed by atoms with E-state index in [2.05, 4.69) is 42.6 Å². The summed E-state index contributed by atoms with van der Waals surface area (Å²) in [6, 6.07) is 8.64. The smallest absolute Gasteiger partial charge is 0.0465 e. The van der Waals surface area contributed by atoms with E-state index in [4.69, 9.17) is 0 Å². The molecule has 0 spiro atoms. The predicted molar refractivity (Wildman–Crippen MR) is 59.6 cm³/mol. The summed E-state index contributed by atoms with van der Waals surface area (Å²) in [5, 5.41) is 3.30. The highest BCUT2D eigenvalue weighted by molar-refractivity contribution is 8.03. The van der Waals surface area contributed by atoms with Gasteiger partial charge in [0, 0.05) is 17.3 Å². The predicted octanol–water partition coefficient (Wildman–Crippen LogP) is 2.63. The van der Waals surface area contributed by atoms with Crippen molar-refractivity contribution in [1.29, 1.82) is 0 Å². The van der Waals surface area contributed by atoms with E-state index in [-0.39, 0.29) is 0 Å². The van der Waals surface area contributed by atoms with Crippen LogP contribution in [-0.2, 0) is 0 Å². The summed E-state index contributed by atoms with van der Waals surface area (Å²) in [4.78, 5) is 1.43. The summed E-state index contributed by atoms with van der Waals surface area (Å²) < 4.78 is 0. The van der Waals surface area contributed by atoms with Gasteiger partial charge in [-0.1, -0.05) is 29.8 Å². The lowest BCUT2D eigenvalue weighted by Gasteiger charge is -1.96. The first-order valence-corrected chi connectivity index (χ1v) is 5.44. The van der Waals surface area contributed by atoms with E-state index in [0.717, 1.165) is 12.4 Å². The lowest BCUT2D eigenvalue weighted by molar-refractivity contribution is 0.916. The van der Waals surface area contributed by atoms with Gasteiger partial charge in [0.05, 0.1) is 0 Å². The molecule has 1 aromatic carbocycles. The van der Waals surface area contributed by atoms with Crippen LogP contribution >= 0.6 is 11.8 Å². The molecule has 2 heteroatoms. The first-order valence-electron chi connectivity index (χ1n) is 4.45. The van der Waals surface area contributed by atoms with Crippen molar-refractivity contribution >= 4 is 17.8 Å². The quantitative estimate of drug-likeness (QED) is 0.732. The highest BCUT2D eigenvalue weighted by Gasteiger charge is 2.05. The van der Waals surface area contributed by atoms with Gasteiger partial charge in [-0.05, 0) is 18.6 Å². The van der Waals surface area contributed by atoms with E-state index in [1.165, 1.54) is 16.0 Å². The van der Waals surface area contributed by atoms with Crippen molar-refractivity contribution in [2.24, 2.45) is 0 Å². The minimum atomic E-state index is 1.03. The van der Waals surface area contributed by atoms with Crippen LogP contribution in [0.15, 0.2) is 29.2 Å². The largest absolute Gasteiger partial charge is 0.303 e. The molecule has 1 nitrogen and oxygen atoms in total. The van der Waals surface area contributed by atoms with Gasteiger partial charge in [-0.15, -0.1) is 11.8 Å². The molecule has 1 saturated heterocycles. The number of rotatable bonds is 1. The molecule has 0 aromatic heterocycles. The summed E-state index contributed by atoms with van der Waals surface area (Å²) in [6.07, 6.45) is 2.25. The van der Waals surface area contributed by atoms with Crippen LogP contribution in [-0.4, -0.2) is 12.4 Å². The molecule has 68 valence electrons. The molecular weight excluding hydrogens is 178 g/mol. The van der Waals surface area contributed by atoms with Crippen molar-refractivity contribution in [3.8, 4) is 0 Å². The van der Waals surface area contributed by atoms with E-state index >= 15 is 0 Å². The third kappa shape index (κ3) is 2.36. The maximum Gasteiger partial charge on any atom is 0.0465 e. The second-order valence-electron chi connectivity index (χ2n) is 3.24. The summed E-state index contributed by atoms with van der Waals surface area (Å²) in [6.45, 7) is 3.14. The minimum Gasteiger partial charge on any atom is -0.303 e. The normalized spacial score (nSPS) is 19.6. The van der Waals surface area contributed by atoms with Crippen LogP contribution in [0.2, 0.25) is 0 Å². The minimum absolute atomic E-state index is 1.03. The number of aryl methyl sites for hydroxylation is 1. The van der Waals surface area contributed by atoms with Gasteiger partial charge in [-0.25, -0.2) is 0 Å². The Balaban J connectivity index is 2.17. The Morgan fingerprint density at radius 2 is 2.08 bits per heavy atom. The molecule has 13 heavy (non-hydrogen) atoms. The molecule has 0 aliphatic carbocycles. The van der Waals surface area contributed by atoms with Gasteiger partial charge in [0.2, 0.25) is 0 Å². The Kier molecular flexibility index (Phi) is 2.71. The van der Waals surface area contributed by atoms with Crippen molar-refractivity contribution < 1.29 is 0 Å². The molecule has 2 rings (SSSR count). The number of benzene rings is 1. The molecule has 0 saturated carbocycles. The van der Waals surface area contributed by atoms with Gasteiger partial charge in [-0.3, -0.25) is 0 Å². The zero-order valence-corrected chi connectivity index (χ0v) is 8.53. The van der Waals surface area contributed by atoms with Gasteiger partial charge in [0.1, 0.15) is 0 Å². The van der Waals surface area contributed by atoms with Crippen molar-refractivity contribution in [3.63, 3.8) is 0 Å². The Bertz CT molecular complexity index is 305. The topological polar surface area (TPSA) is 12.0 Å². The monoisotopic (exact) mass is 191 g/mol. The molecule has 1 aromatic rings. The maximum atomic E-state index is 3.30. The number of hydrogen-bond donors (Lipinski definition) is 1.